The quantitative estimate of drug-likeness (QED) is 0.564. The minimum absolute atomic E-state index is 0.0757. The van der Waals surface area contributed by atoms with Crippen molar-refractivity contribution in [2.24, 2.45) is 7.05 Å². The van der Waals surface area contributed by atoms with Crippen LogP contribution in [-0.4, -0.2) is 55.4 Å². The Morgan fingerprint density at radius 3 is 2.73 bits per heavy atom. The molecule has 0 bridgehead atoms. The topological polar surface area (TPSA) is 95.7 Å². The van der Waals surface area contributed by atoms with Gasteiger partial charge in [-0.3, -0.25) is 4.68 Å². The van der Waals surface area contributed by atoms with Crippen LogP contribution in [-0.2, 0) is 7.05 Å². The smallest absolute Gasteiger partial charge is 0.183 e. The molecule has 1 fully saturated rings. The number of nitriles is 1. The second kappa shape index (κ2) is 7.43. The number of aryl methyl sites for hydroxylation is 1. The Balaban J connectivity index is 1.61. The summed E-state index contributed by atoms with van der Waals surface area (Å²) in [4.78, 5) is 14.7. The van der Waals surface area contributed by atoms with E-state index < -0.39 is 0 Å². The van der Waals surface area contributed by atoms with Crippen LogP contribution in [0.2, 0.25) is 0 Å². The minimum Gasteiger partial charge on any atom is -0.487 e. The van der Waals surface area contributed by atoms with Crippen molar-refractivity contribution in [3.8, 4) is 22.9 Å². The molecule has 0 radical (unpaired) electrons. The monoisotopic (exact) mass is 401 g/mol. The summed E-state index contributed by atoms with van der Waals surface area (Å²) >= 11 is 0. The third-order valence-corrected chi connectivity index (χ3v) is 5.85. The van der Waals surface area contributed by atoms with Crippen LogP contribution < -0.4 is 4.74 Å². The molecule has 1 aliphatic heterocycles. The summed E-state index contributed by atoms with van der Waals surface area (Å²) in [6, 6.07) is 4.28. The normalized spacial score (nSPS) is 15.6. The van der Waals surface area contributed by atoms with Gasteiger partial charge < -0.3 is 14.6 Å². The highest BCUT2D eigenvalue weighted by atomic mass is 16.5. The third-order valence-electron chi connectivity index (χ3n) is 5.85. The zero-order valence-corrected chi connectivity index (χ0v) is 17.1. The summed E-state index contributed by atoms with van der Waals surface area (Å²) < 4.78 is 8.19. The number of H-pyrrole nitrogens is 1. The van der Waals surface area contributed by atoms with Crippen molar-refractivity contribution in [2.75, 3.05) is 19.6 Å². The molecule has 152 valence electrons. The molecule has 0 atom stereocenters. The molecule has 1 saturated heterocycles. The number of aromatic amines is 1. The molecule has 4 aromatic heterocycles. The third kappa shape index (κ3) is 3.17. The Morgan fingerprint density at radius 2 is 2.03 bits per heavy atom. The largest absolute Gasteiger partial charge is 0.487 e. The van der Waals surface area contributed by atoms with Crippen molar-refractivity contribution in [1.29, 1.82) is 5.26 Å². The molecule has 0 unspecified atom stereocenters. The maximum absolute atomic E-state index is 9.69. The lowest BCUT2D eigenvalue weighted by Gasteiger charge is -2.31. The number of hydrogen-bond donors (Lipinski definition) is 1. The first-order valence-corrected chi connectivity index (χ1v) is 10.2. The van der Waals surface area contributed by atoms with Gasteiger partial charge in [-0.2, -0.15) is 10.4 Å². The van der Waals surface area contributed by atoms with Crippen LogP contribution in [0.15, 0.2) is 30.9 Å². The Bertz CT molecular complexity index is 1260. The lowest BCUT2D eigenvalue weighted by atomic mass is 10.1. The number of hydrogen-bond acceptors (Lipinski definition) is 6. The van der Waals surface area contributed by atoms with Gasteiger partial charge in [-0.25, -0.2) is 9.97 Å². The fourth-order valence-corrected chi connectivity index (χ4v) is 4.17. The second-order valence-corrected chi connectivity index (χ2v) is 7.74. The molecule has 1 aliphatic rings. The van der Waals surface area contributed by atoms with Crippen molar-refractivity contribution in [3.05, 3.63) is 36.5 Å². The SMILES string of the molecule is CCN1CCC(Oc2c(C#N)ncc3[nH]c4ncc(-c5cnn(C)c5)cc4c23)CC1. The zero-order valence-electron chi connectivity index (χ0n) is 17.1. The molecule has 8 heteroatoms. The minimum atomic E-state index is 0.0757. The Morgan fingerprint density at radius 1 is 1.20 bits per heavy atom. The maximum Gasteiger partial charge on any atom is 0.183 e. The number of fused-ring (bicyclic) bond motifs is 3. The van der Waals surface area contributed by atoms with Crippen LogP contribution in [0, 0.1) is 11.3 Å². The van der Waals surface area contributed by atoms with E-state index in [1.54, 1.807) is 10.9 Å². The average molecular weight is 401 g/mol. The van der Waals surface area contributed by atoms with Gasteiger partial charge in [0.1, 0.15) is 17.8 Å². The van der Waals surface area contributed by atoms with Gasteiger partial charge >= 0.3 is 0 Å². The van der Waals surface area contributed by atoms with Gasteiger partial charge in [-0.05, 0) is 25.5 Å². The molecule has 0 spiro atoms. The van der Waals surface area contributed by atoms with E-state index in [9.17, 15) is 5.26 Å². The van der Waals surface area contributed by atoms with Gasteiger partial charge in [0, 0.05) is 49.0 Å². The predicted molar refractivity (Wildman–Crippen MR) is 114 cm³/mol. The summed E-state index contributed by atoms with van der Waals surface area (Å²) in [6.45, 7) is 5.25. The first kappa shape index (κ1) is 18.6. The van der Waals surface area contributed by atoms with Gasteiger partial charge in [0.05, 0.1) is 23.3 Å². The lowest BCUT2D eigenvalue weighted by Crippen LogP contribution is -2.38. The van der Waals surface area contributed by atoms with Gasteiger partial charge in [0.2, 0.25) is 0 Å². The number of aromatic nitrogens is 5. The second-order valence-electron chi connectivity index (χ2n) is 7.74. The molecule has 5 rings (SSSR count). The number of nitrogens with one attached hydrogen (secondary N) is 1. The van der Waals surface area contributed by atoms with Crippen molar-refractivity contribution in [1.82, 2.24) is 29.6 Å². The van der Waals surface area contributed by atoms with Crippen LogP contribution in [0.25, 0.3) is 33.1 Å². The fourth-order valence-electron chi connectivity index (χ4n) is 4.17. The predicted octanol–water partition coefficient (Wildman–Crippen LogP) is 3.25. The van der Waals surface area contributed by atoms with Crippen LogP contribution in [0.4, 0.5) is 0 Å². The molecule has 8 nitrogen and oxygen atoms in total. The van der Waals surface area contributed by atoms with Crippen molar-refractivity contribution < 1.29 is 4.74 Å². The van der Waals surface area contributed by atoms with E-state index in [-0.39, 0.29) is 6.10 Å². The van der Waals surface area contributed by atoms with Crippen LogP contribution in [0.5, 0.6) is 5.75 Å². The number of pyridine rings is 2. The maximum atomic E-state index is 9.69. The Hall–Kier alpha value is -3.44. The van der Waals surface area contributed by atoms with E-state index in [0.717, 1.165) is 65.5 Å². The number of ether oxygens (including phenoxy) is 1. The number of piperidine rings is 1. The number of nitrogens with zero attached hydrogens (tertiary/aromatic N) is 6. The highest BCUT2D eigenvalue weighted by Crippen LogP contribution is 2.37. The molecule has 0 aliphatic carbocycles. The van der Waals surface area contributed by atoms with Crippen LogP contribution in [0.1, 0.15) is 25.5 Å². The van der Waals surface area contributed by atoms with Gasteiger partial charge in [-0.15, -0.1) is 0 Å². The first-order chi connectivity index (χ1) is 14.7. The molecular formula is C22H23N7O. The number of rotatable bonds is 4. The molecule has 0 saturated carbocycles. The standard InChI is InChI=1S/C22H23N7O/c1-3-29-6-4-16(5-7-29)30-21-18(9-23)24-12-19-20(21)17-8-14(10-25-22(17)27-19)15-11-26-28(2)13-15/h8,10-13,16H,3-7H2,1-2H3,(H,25,27). The Kier molecular flexibility index (Phi) is 4.60. The highest BCUT2D eigenvalue weighted by Gasteiger charge is 2.24. The Labute approximate surface area is 174 Å². The number of likely N-dealkylation sites (tertiary alicyclic amines) is 1. The van der Waals surface area contributed by atoms with Crippen LogP contribution in [0.3, 0.4) is 0 Å². The molecule has 4 aromatic rings. The van der Waals surface area contributed by atoms with Crippen molar-refractivity contribution in [2.45, 2.75) is 25.9 Å². The lowest BCUT2D eigenvalue weighted by molar-refractivity contribution is 0.104. The van der Waals surface area contributed by atoms with E-state index in [0.29, 0.717) is 11.4 Å². The molecule has 5 heterocycles. The molecule has 0 amide bonds. The summed E-state index contributed by atoms with van der Waals surface area (Å²) in [6.07, 6.45) is 9.25. The molecule has 30 heavy (non-hydrogen) atoms. The van der Waals surface area contributed by atoms with Crippen molar-refractivity contribution in [3.63, 3.8) is 0 Å². The summed E-state index contributed by atoms with van der Waals surface area (Å²) in [5.41, 5.74) is 3.84. The van der Waals surface area contributed by atoms with E-state index in [1.165, 1.54) is 0 Å². The molecular weight excluding hydrogens is 378 g/mol. The van der Waals surface area contributed by atoms with Gasteiger partial charge in [0.15, 0.2) is 11.4 Å². The molecule has 0 aromatic carbocycles. The summed E-state index contributed by atoms with van der Waals surface area (Å²) in [7, 11) is 1.89. The van der Waals surface area contributed by atoms with Crippen LogP contribution >= 0.6 is 0 Å². The average Bonchev–Trinajstić information content (AvgIpc) is 3.37. The van der Waals surface area contributed by atoms with E-state index >= 15 is 0 Å². The summed E-state index contributed by atoms with van der Waals surface area (Å²) in [5.74, 6) is 0.557. The highest BCUT2D eigenvalue weighted by molar-refractivity contribution is 6.10. The van der Waals surface area contributed by atoms with E-state index in [1.807, 2.05) is 25.6 Å². The van der Waals surface area contributed by atoms with E-state index in [4.69, 9.17) is 4.74 Å². The van der Waals surface area contributed by atoms with Gasteiger partial charge in [-0.1, -0.05) is 6.92 Å². The zero-order chi connectivity index (χ0) is 20.7. The fraction of sp³-hybridized carbons (Fsp3) is 0.364. The first-order valence-electron chi connectivity index (χ1n) is 10.2. The van der Waals surface area contributed by atoms with Gasteiger partial charge in [0.25, 0.3) is 0 Å². The summed E-state index contributed by atoms with van der Waals surface area (Å²) in [5, 5.41) is 15.7. The molecule has 1 N–H and O–H groups in total. The van der Waals surface area contributed by atoms with Crippen molar-refractivity contribution >= 4 is 21.9 Å². The van der Waals surface area contributed by atoms with E-state index in [2.05, 4.69) is 44.0 Å².